The lowest BCUT2D eigenvalue weighted by molar-refractivity contribution is -0.141. The SMILES string of the molecule is COc1ccccc1CN(C)C(=O)C1(C)COCC1N. The molecule has 0 spiro atoms. The minimum atomic E-state index is -0.642. The highest BCUT2D eigenvalue weighted by molar-refractivity contribution is 5.83. The Bertz CT molecular complexity index is 492. The number of nitrogens with zero attached hydrogens (tertiary/aromatic N) is 1. The van der Waals surface area contributed by atoms with Gasteiger partial charge in [-0.25, -0.2) is 0 Å². The van der Waals surface area contributed by atoms with Gasteiger partial charge in [0, 0.05) is 25.2 Å². The molecule has 2 atom stereocenters. The van der Waals surface area contributed by atoms with Gasteiger partial charge in [0.05, 0.1) is 25.7 Å². The van der Waals surface area contributed by atoms with Gasteiger partial charge in [0.2, 0.25) is 5.91 Å². The van der Waals surface area contributed by atoms with E-state index < -0.39 is 5.41 Å². The molecule has 0 aliphatic carbocycles. The Morgan fingerprint density at radius 3 is 2.85 bits per heavy atom. The second-order valence-corrected chi connectivity index (χ2v) is 5.51. The van der Waals surface area contributed by atoms with E-state index in [1.807, 2.05) is 31.2 Å². The fraction of sp³-hybridized carbons (Fsp3) is 0.533. The van der Waals surface area contributed by atoms with Gasteiger partial charge in [-0.3, -0.25) is 4.79 Å². The summed E-state index contributed by atoms with van der Waals surface area (Å²) >= 11 is 0. The Balaban J connectivity index is 2.12. The lowest BCUT2D eigenvalue weighted by atomic mass is 9.84. The van der Waals surface area contributed by atoms with Crippen molar-refractivity contribution in [2.24, 2.45) is 11.1 Å². The van der Waals surface area contributed by atoms with E-state index in [-0.39, 0.29) is 11.9 Å². The number of para-hydroxylation sites is 1. The van der Waals surface area contributed by atoms with E-state index >= 15 is 0 Å². The first-order valence-electron chi connectivity index (χ1n) is 6.70. The first-order valence-corrected chi connectivity index (χ1v) is 6.70. The van der Waals surface area contributed by atoms with Crippen LogP contribution in [0.2, 0.25) is 0 Å². The number of nitrogens with two attached hydrogens (primary N) is 1. The predicted octanol–water partition coefficient (Wildman–Crippen LogP) is 1.02. The van der Waals surface area contributed by atoms with Crippen LogP contribution in [0.1, 0.15) is 12.5 Å². The minimum absolute atomic E-state index is 0.00778. The lowest BCUT2D eigenvalue weighted by Crippen LogP contribution is -2.50. The largest absolute Gasteiger partial charge is 0.496 e. The molecule has 5 nitrogen and oxygen atoms in total. The van der Waals surface area contributed by atoms with Crippen molar-refractivity contribution in [2.45, 2.75) is 19.5 Å². The highest BCUT2D eigenvalue weighted by atomic mass is 16.5. The molecule has 1 aromatic carbocycles. The van der Waals surface area contributed by atoms with Gasteiger partial charge in [-0.1, -0.05) is 18.2 Å². The summed E-state index contributed by atoms with van der Waals surface area (Å²) in [5.41, 5.74) is 6.34. The summed E-state index contributed by atoms with van der Waals surface area (Å²) in [5.74, 6) is 0.790. The van der Waals surface area contributed by atoms with Gasteiger partial charge >= 0.3 is 0 Å². The van der Waals surface area contributed by atoms with Crippen molar-refractivity contribution in [3.63, 3.8) is 0 Å². The van der Waals surface area contributed by atoms with Crippen LogP contribution in [0.3, 0.4) is 0 Å². The summed E-state index contributed by atoms with van der Waals surface area (Å²) in [7, 11) is 3.41. The summed E-state index contributed by atoms with van der Waals surface area (Å²) < 4.78 is 10.7. The molecule has 0 aromatic heterocycles. The van der Waals surface area contributed by atoms with Crippen LogP contribution in [-0.4, -0.2) is 44.2 Å². The van der Waals surface area contributed by atoms with Crippen LogP contribution in [0.15, 0.2) is 24.3 Å². The van der Waals surface area contributed by atoms with E-state index in [0.717, 1.165) is 11.3 Å². The number of hydrogen-bond acceptors (Lipinski definition) is 4. The molecular weight excluding hydrogens is 256 g/mol. The molecule has 110 valence electrons. The van der Waals surface area contributed by atoms with E-state index in [2.05, 4.69) is 0 Å². The van der Waals surface area contributed by atoms with E-state index in [0.29, 0.717) is 19.8 Å². The topological polar surface area (TPSA) is 64.8 Å². The van der Waals surface area contributed by atoms with Crippen molar-refractivity contribution in [3.05, 3.63) is 29.8 Å². The number of carbonyl (C=O) groups is 1. The molecule has 1 amide bonds. The first-order chi connectivity index (χ1) is 9.49. The van der Waals surface area contributed by atoms with Crippen molar-refractivity contribution < 1.29 is 14.3 Å². The first kappa shape index (κ1) is 14.8. The van der Waals surface area contributed by atoms with Gasteiger partial charge in [0.1, 0.15) is 5.75 Å². The Labute approximate surface area is 119 Å². The average Bonchev–Trinajstić information content (AvgIpc) is 2.79. The van der Waals surface area contributed by atoms with Crippen LogP contribution < -0.4 is 10.5 Å². The molecule has 2 unspecified atom stereocenters. The predicted molar refractivity (Wildman–Crippen MR) is 76.4 cm³/mol. The number of methoxy groups -OCH3 is 1. The molecule has 5 heteroatoms. The van der Waals surface area contributed by atoms with Crippen LogP contribution >= 0.6 is 0 Å². The Kier molecular flexibility index (Phi) is 4.30. The molecule has 1 aromatic rings. The van der Waals surface area contributed by atoms with Crippen molar-refractivity contribution in [2.75, 3.05) is 27.4 Å². The number of ether oxygens (including phenoxy) is 2. The van der Waals surface area contributed by atoms with Crippen molar-refractivity contribution in [3.8, 4) is 5.75 Å². The third-order valence-corrected chi connectivity index (χ3v) is 3.95. The molecule has 1 fully saturated rings. The normalized spacial score (nSPS) is 25.5. The Morgan fingerprint density at radius 1 is 1.55 bits per heavy atom. The molecular formula is C15H22N2O3. The van der Waals surface area contributed by atoms with Crippen LogP contribution in [0, 0.1) is 5.41 Å². The molecule has 1 heterocycles. The van der Waals surface area contributed by atoms with Gasteiger partial charge in [-0.15, -0.1) is 0 Å². The monoisotopic (exact) mass is 278 g/mol. The summed E-state index contributed by atoms with van der Waals surface area (Å²) in [6, 6.07) is 7.43. The fourth-order valence-electron chi connectivity index (χ4n) is 2.51. The maximum absolute atomic E-state index is 12.6. The zero-order chi connectivity index (χ0) is 14.8. The third-order valence-electron chi connectivity index (χ3n) is 3.95. The Morgan fingerprint density at radius 2 is 2.25 bits per heavy atom. The van der Waals surface area contributed by atoms with Crippen molar-refractivity contribution in [1.82, 2.24) is 4.90 Å². The lowest BCUT2D eigenvalue weighted by Gasteiger charge is -2.31. The summed E-state index contributed by atoms with van der Waals surface area (Å²) in [6.45, 7) is 3.17. The quantitative estimate of drug-likeness (QED) is 0.893. The zero-order valence-electron chi connectivity index (χ0n) is 12.3. The molecule has 1 aliphatic rings. The van der Waals surface area contributed by atoms with E-state index in [9.17, 15) is 4.79 Å². The summed E-state index contributed by atoms with van der Waals surface area (Å²) in [5, 5.41) is 0. The van der Waals surface area contributed by atoms with Crippen molar-refractivity contribution >= 4 is 5.91 Å². The van der Waals surface area contributed by atoms with E-state index in [4.69, 9.17) is 15.2 Å². The third kappa shape index (κ3) is 2.64. The Hall–Kier alpha value is -1.59. The molecule has 20 heavy (non-hydrogen) atoms. The molecule has 0 radical (unpaired) electrons. The van der Waals surface area contributed by atoms with Gasteiger partial charge in [-0.05, 0) is 13.0 Å². The number of carbonyl (C=O) groups excluding carboxylic acids is 1. The second-order valence-electron chi connectivity index (χ2n) is 5.51. The second kappa shape index (κ2) is 5.81. The van der Waals surface area contributed by atoms with Gasteiger partial charge in [-0.2, -0.15) is 0 Å². The average molecular weight is 278 g/mol. The molecule has 0 saturated carbocycles. The number of amides is 1. The van der Waals surface area contributed by atoms with Gasteiger partial charge in [0.15, 0.2) is 0 Å². The molecule has 1 aliphatic heterocycles. The number of rotatable bonds is 4. The van der Waals surface area contributed by atoms with Crippen LogP contribution in [0.25, 0.3) is 0 Å². The maximum atomic E-state index is 12.6. The molecule has 2 rings (SSSR count). The molecule has 0 bridgehead atoms. The molecule has 1 saturated heterocycles. The minimum Gasteiger partial charge on any atom is -0.496 e. The van der Waals surface area contributed by atoms with Gasteiger partial charge in [0.25, 0.3) is 0 Å². The zero-order valence-corrected chi connectivity index (χ0v) is 12.3. The van der Waals surface area contributed by atoms with Crippen molar-refractivity contribution in [1.29, 1.82) is 0 Å². The van der Waals surface area contributed by atoms with Crippen LogP contribution in [-0.2, 0) is 16.1 Å². The van der Waals surface area contributed by atoms with Crippen LogP contribution in [0.5, 0.6) is 5.75 Å². The smallest absolute Gasteiger partial charge is 0.232 e. The van der Waals surface area contributed by atoms with E-state index in [1.54, 1.807) is 19.1 Å². The molecule has 2 N–H and O–H groups in total. The van der Waals surface area contributed by atoms with Gasteiger partial charge < -0.3 is 20.1 Å². The summed E-state index contributed by atoms with van der Waals surface area (Å²) in [6.07, 6.45) is 0. The fourth-order valence-corrected chi connectivity index (χ4v) is 2.51. The summed E-state index contributed by atoms with van der Waals surface area (Å²) in [4.78, 5) is 14.3. The maximum Gasteiger partial charge on any atom is 0.232 e. The standard InChI is InChI=1S/C15H22N2O3/c1-15(10-20-9-13(15)16)14(18)17(2)8-11-6-4-5-7-12(11)19-3/h4-7,13H,8-10,16H2,1-3H3. The van der Waals surface area contributed by atoms with Crippen LogP contribution in [0.4, 0.5) is 0 Å². The van der Waals surface area contributed by atoms with E-state index in [1.165, 1.54) is 0 Å². The number of benzene rings is 1. The number of hydrogen-bond donors (Lipinski definition) is 1. The highest BCUT2D eigenvalue weighted by Gasteiger charge is 2.45. The highest BCUT2D eigenvalue weighted by Crippen LogP contribution is 2.30.